The van der Waals surface area contributed by atoms with E-state index in [1.54, 1.807) is 6.07 Å². The summed E-state index contributed by atoms with van der Waals surface area (Å²) in [7, 11) is 0. The fourth-order valence-electron chi connectivity index (χ4n) is 2.98. The lowest BCUT2D eigenvalue weighted by atomic mass is 9.89. The Morgan fingerprint density at radius 2 is 1.92 bits per heavy atom. The Bertz CT molecular complexity index is 735. The van der Waals surface area contributed by atoms with Crippen molar-refractivity contribution in [3.63, 3.8) is 0 Å². The van der Waals surface area contributed by atoms with Crippen LogP contribution in [0.5, 0.6) is 0 Å². The average Bonchev–Trinajstić information content (AvgIpc) is 3.03. The summed E-state index contributed by atoms with van der Waals surface area (Å²) in [6.07, 6.45) is -3.54. The fraction of sp³-hybridized carbons (Fsp3) is 0.353. The summed E-state index contributed by atoms with van der Waals surface area (Å²) in [4.78, 5) is 3.84. The van der Waals surface area contributed by atoms with Gasteiger partial charge in [-0.25, -0.2) is 4.98 Å². The minimum atomic E-state index is -4.38. The number of anilines is 1. The van der Waals surface area contributed by atoms with Gasteiger partial charge in [-0.3, -0.25) is 0 Å². The highest BCUT2D eigenvalue weighted by atomic mass is 35.5. The lowest BCUT2D eigenvalue weighted by molar-refractivity contribution is -0.137. The maximum atomic E-state index is 12.6. The number of hydrogen-bond acceptors (Lipinski definition) is 3. The second-order valence-electron chi connectivity index (χ2n) is 6.01. The zero-order chi connectivity index (χ0) is 18.0. The summed E-state index contributed by atoms with van der Waals surface area (Å²) in [6, 6.07) is 7.97. The van der Waals surface area contributed by atoms with Crippen molar-refractivity contribution in [2.24, 2.45) is 5.92 Å². The lowest BCUT2D eigenvalue weighted by Gasteiger charge is -2.20. The van der Waals surface area contributed by atoms with Crippen molar-refractivity contribution in [1.82, 2.24) is 10.3 Å². The number of rotatable bonds is 4. The highest BCUT2D eigenvalue weighted by molar-refractivity contribution is 6.42. The normalized spacial score (nSPS) is 20.7. The third kappa shape index (κ3) is 4.37. The number of pyridine rings is 1. The van der Waals surface area contributed by atoms with E-state index in [0.717, 1.165) is 30.9 Å². The van der Waals surface area contributed by atoms with Crippen LogP contribution in [0, 0.1) is 5.92 Å². The van der Waals surface area contributed by atoms with E-state index in [1.807, 2.05) is 12.1 Å². The average molecular weight is 390 g/mol. The molecule has 0 spiro atoms. The molecule has 2 heterocycles. The molecule has 0 bridgehead atoms. The van der Waals surface area contributed by atoms with Crippen molar-refractivity contribution >= 4 is 29.0 Å². The van der Waals surface area contributed by atoms with Gasteiger partial charge in [-0.05, 0) is 35.7 Å². The molecule has 1 fully saturated rings. The fourth-order valence-corrected chi connectivity index (χ4v) is 3.29. The first-order valence-corrected chi connectivity index (χ1v) is 8.53. The third-order valence-electron chi connectivity index (χ3n) is 4.35. The van der Waals surface area contributed by atoms with Crippen LogP contribution in [0.25, 0.3) is 0 Å². The number of aromatic nitrogens is 1. The van der Waals surface area contributed by atoms with E-state index in [-0.39, 0.29) is 11.8 Å². The molecule has 1 aromatic carbocycles. The second kappa shape index (κ2) is 7.40. The van der Waals surface area contributed by atoms with Crippen molar-refractivity contribution in [1.29, 1.82) is 0 Å². The number of alkyl halides is 3. The van der Waals surface area contributed by atoms with Crippen LogP contribution in [-0.2, 0) is 6.18 Å². The zero-order valence-corrected chi connectivity index (χ0v) is 14.6. The van der Waals surface area contributed by atoms with Gasteiger partial charge >= 0.3 is 6.18 Å². The van der Waals surface area contributed by atoms with E-state index >= 15 is 0 Å². The van der Waals surface area contributed by atoms with Crippen molar-refractivity contribution in [2.45, 2.75) is 12.1 Å². The van der Waals surface area contributed by atoms with Crippen LogP contribution in [0.4, 0.5) is 19.0 Å². The third-order valence-corrected chi connectivity index (χ3v) is 5.09. The topological polar surface area (TPSA) is 37.0 Å². The highest BCUT2D eigenvalue weighted by Crippen LogP contribution is 2.33. The minimum Gasteiger partial charge on any atom is -0.370 e. The summed E-state index contributed by atoms with van der Waals surface area (Å²) in [5.41, 5.74) is 0.334. The van der Waals surface area contributed by atoms with Gasteiger partial charge in [0, 0.05) is 31.7 Å². The molecule has 3 nitrogen and oxygen atoms in total. The zero-order valence-electron chi connectivity index (χ0n) is 13.1. The van der Waals surface area contributed by atoms with E-state index in [9.17, 15) is 13.2 Å². The number of nitrogens with one attached hydrogen (secondary N) is 2. The number of hydrogen-bond donors (Lipinski definition) is 2. The molecule has 1 aromatic heterocycles. The maximum absolute atomic E-state index is 12.6. The molecule has 2 N–H and O–H groups in total. The first-order chi connectivity index (χ1) is 11.8. The summed E-state index contributed by atoms with van der Waals surface area (Å²) >= 11 is 12.1. The summed E-state index contributed by atoms with van der Waals surface area (Å²) < 4.78 is 37.7. The minimum absolute atomic E-state index is 0.247. The Balaban J connectivity index is 1.65. The summed E-state index contributed by atoms with van der Waals surface area (Å²) in [6.45, 7) is 2.21. The van der Waals surface area contributed by atoms with Gasteiger partial charge in [0.05, 0.1) is 15.6 Å². The SMILES string of the molecule is FC(F)(F)c1ccc(NCC2CNCC2c2ccc(Cl)c(Cl)c2)nc1. The second-order valence-corrected chi connectivity index (χ2v) is 6.82. The maximum Gasteiger partial charge on any atom is 0.417 e. The van der Waals surface area contributed by atoms with Crippen LogP contribution in [0.1, 0.15) is 17.0 Å². The van der Waals surface area contributed by atoms with Crippen LogP contribution in [0.2, 0.25) is 10.0 Å². The highest BCUT2D eigenvalue weighted by Gasteiger charge is 2.31. The Labute approximate surface area is 153 Å². The van der Waals surface area contributed by atoms with Crippen LogP contribution in [-0.4, -0.2) is 24.6 Å². The first-order valence-electron chi connectivity index (χ1n) is 7.77. The van der Waals surface area contributed by atoms with Gasteiger partial charge in [0.2, 0.25) is 0 Å². The number of benzene rings is 1. The number of nitrogens with zero attached hydrogens (tertiary/aromatic N) is 1. The monoisotopic (exact) mass is 389 g/mol. The van der Waals surface area contributed by atoms with Gasteiger partial charge in [0.1, 0.15) is 5.82 Å². The first kappa shape index (κ1) is 18.3. The Morgan fingerprint density at radius 3 is 2.56 bits per heavy atom. The molecule has 2 unspecified atom stereocenters. The van der Waals surface area contributed by atoms with Crippen LogP contribution in [0.3, 0.4) is 0 Å². The molecular formula is C17H16Cl2F3N3. The molecule has 0 aliphatic carbocycles. The smallest absolute Gasteiger partial charge is 0.370 e. The van der Waals surface area contributed by atoms with Crippen LogP contribution in [0.15, 0.2) is 36.5 Å². The molecular weight excluding hydrogens is 374 g/mol. The molecule has 1 saturated heterocycles. The van der Waals surface area contributed by atoms with Crippen molar-refractivity contribution in [3.8, 4) is 0 Å². The van der Waals surface area contributed by atoms with Gasteiger partial charge in [0.15, 0.2) is 0 Å². The largest absolute Gasteiger partial charge is 0.417 e. The summed E-state index contributed by atoms with van der Waals surface area (Å²) in [5.74, 6) is 0.936. The van der Waals surface area contributed by atoms with Crippen molar-refractivity contribution in [2.75, 3.05) is 25.0 Å². The molecule has 2 aromatic rings. The predicted octanol–water partition coefficient (Wildman–Crippen LogP) is 4.82. The van der Waals surface area contributed by atoms with Gasteiger partial charge in [-0.2, -0.15) is 13.2 Å². The van der Waals surface area contributed by atoms with E-state index < -0.39 is 11.7 Å². The van der Waals surface area contributed by atoms with Gasteiger partial charge in [-0.1, -0.05) is 29.3 Å². The lowest BCUT2D eigenvalue weighted by Crippen LogP contribution is -2.21. The quantitative estimate of drug-likeness (QED) is 0.786. The predicted molar refractivity (Wildman–Crippen MR) is 93.3 cm³/mol. The van der Waals surface area contributed by atoms with Crippen LogP contribution < -0.4 is 10.6 Å². The van der Waals surface area contributed by atoms with Crippen molar-refractivity contribution < 1.29 is 13.2 Å². The van der Waals surface area contributed by atoms with Crippen molar-refractivity contribution in [3.05, 3.63) is 57.7 Å². The molecule has 0 saturated carbocycles. The molecule has 0 radical (unpaired) electrons. The van der Waals surface area contributed by atoms with E-state index in [1.165, 1.54) is 6.07 Å². The van der Waals surface area contributed by atoms with Gasteiger partial charge in [0.25, 0.3) is 0 Å². The molecule has 134 valence electrons. The molecule has 3 rings (SSSR count). The van der Waals surface area contributed by atoms with Gasteiger partial charge < -0.3 is 10.6 Å². The van der Waals surface area contributed by atoms with E-state index in [4.69, 9.17) is 23.2 Å². The molecule has 25 heavy (non-hydrogen) atoms. The Kier molecular flexibility index (Phi) is 5.41. The summed E-state index contributed by atoms with van der Waals surface area (Å²) in [5, 5.41) is 7.48. The Morgan fingerprint density at radius 1 is 1.12 bits per heavy atom. The standard InChI is InChI=1S/C17H16Cl2F3N3/c18-14-3-1-10(5-15(14)19)13-9-23-6-11(13)7-24-16-4-2-12(8-25-16)17(20,21)22/h1-5,8,11,13,23H,6-7,9H2,(H,24,25). The van der Waals surface area contributed by atoms with Gasteiger partial charge in [-0.15, -0.1) is 0 Å². The number of halogens is 5. The molecule has 8 heteroatoms. The van der Waals surface area contributed by atoms with E-state index in [0.29, 0.717) is 22.4 Å². The molecule has 1 aliphatic heterocycles. The van der Waals surface area contributed by atoms with Crippen LogP contribution >= 0.6 is 23.2 Å². The molecule has 1 aliphatic rings. The van der Waals surface area contributed by atoms with E-state index in [2.05, 4.69) is 15.6 Å². The molecule has 0 amide bonds. The Hall–Kier alpha value is -1.50. The molecule has 2 atom stereocenters.